The van der Waals surface area contributed by atoms with Gasteiger partial charge in [0, 0.05) is 30.6 Å². The first-order valence-electron chi connectivity index (χ1n) is 11.5. The number of likely N-dealkylation sites (tertiary alicyclic amines) is 1. The molecule has 1 aliphatic carbocycles. The van der Waals surface area contributed by atoms with Gasteiger partial charge in [-0.05, 0) is 59.7 Å². The Balaban J connectivity index is 1.29. The van der Waals surface area contributed by atoms with E-state index in [1.807, 2.05) is 18.2 Å². The third-order valence-corrected chi connectivity index (χ3v) is 7.07. The Morgan fingerprint density at radius 3 is 2.58 bits per heavy atom. The highest BCUT2D eigenvalue weighted by Gasteiger charge is 2.32. The van der Waals surface area contributed by atoms with Gasteiger partial charge in [-0.2, -0.15) is 0 Å². The van der Waals surface area contributed by atoms with Crippen LogP contribution in [0.25, 0.3) is 21.7 Å². The van der Waals surface area contributed by atoms with Gasteiger partial charge in [-0.25, -0.2) is 0 Å². The van der Waals surface area contributed by atoms with Crippen molar-refractivity contribution in [1.29, 1.82) is 0 Å². The number of hydrogen-bond donors (Lipinski definition) is 0. The second kappa shape index (κ2) is 7.69. The molecule has 33 heavy (non-hydrogen) atoms. The predicted molar refractivity (Wildman–Crippen MR) is 127 cm³/mol. The molecular formula is C28H23NO4. The summed E-state index contributed by atoms with van der Waals surface area (Å²) < 4.78 is 5.75. The molecule has 0 N–H and O–H groups in total. The lowest BCUT2D eigenvalue weighted by Crippen LogP contribution is -2.42. The Morgan fingerprint density at radius 2 is 1.70 bits per heavy atom. The van der Waals surface area contributed by atoms with E-state index in [1.165, 1.54) is 22.6 Å². The minimum absolute atomic E-state index is 0.0251. The highest BCUT2D eigenvalue weighted by atomic mass is 16.3. The van der Waals surface area contributed by atoms with Gasteiger partial charge in [0.25, 0.3) is 5.91 Å². The maximum absolute atomic E-state index is 13.6. The molecule has 0 unspecified atom stereocenters. The van der Waals surface area contributed by atoms with Gasteiger partial charge in [-0.15, -0.1) is 0 Å². The average Bonchev–Trinajstić information content (AvgIpc) is 3.28. The fraction of sp³-hybridized carbons (Fsp3) is 0.250. The fourth-order valence-electron chi connectivity index (χ4n) is 5.42. The SMILES string of the molecule is O=C(c1ccc2c3c(cccc13)CC2)[C@H]1CCCN(C(=O)c2cc(=O)c3ccccc3o2)C1. The molecule has 2 heterocycles. The van der Waals surface area contributed by atoms with Crippen molar-refractivity contribution in [2.75, 3.05) is 13.1 Å². The van der Waals surface area contributed by atoms with Crippen LogP contribution in [-0.2, 0) is 12.8 Å². The summed E-state index contributed by atoms with van der Waals surface area (Å²) in [6, 6.07) is 18.4. The van der Waals surface area contributed by atoms with Crippen molar-refractivity contribution >= 4 is 33.4 Å². The molecule has 3 aromatic carbocycles. The summed E-state index contributed by atoms with van der Waals surface area (Å²) in [6.45, 7) is 0.875. The number of fused-ring (bicyclic) bond motifs is 1. The normalized spacial score (nSPS) is 17.6. The lowest BCUT2D eigenvalue weighted by atomic mass is 9.87. The summed E-state index contributed by atoms with van der Waals surface area (Å²) in [4.78, 5) is 40.9. The third kappa shape index (κ3) is 3.27. The number of benzene rings is 3. The summed E-state index contributed by atoms with van der Waals surface area (Å²) >= 11 is 0. The number of rotatable bonds is 3. The molecule has 2 aliphatic rings. The minimum atomic E-state index is -0.337. The van der Waals surface area contributed by atoms with Crippen LogP contribution in [0, 0.1) is 5.92 Å². The molecule has 1 saturated heterocycles. The van der Waals surface area contributed by atoms with Crippen molar-refractivity contribution in [3.63, 3.8) is 0 Å². The summed E-state index contributed by atoms with van der Waals surface area (Å²) in [5, 5.41) is 2.70. The molecule has 164 valence electrons. The fourth-order valence-corrected chi connectivity index (χ4v) is 5.42. The molecule has 1 aromatic heterocycles. The summed E-state index contributed by atoms with van der Waals surface area (Å²) in [7, 11) is 0. The number of amides is 1. The van der Waals surface area contributed by atoms with Gasteiger partial charge < -0.3 is 9.32 Å². The second-order valence-corrected chi connectivity index (χ2v) is 9.04. The first-order chi connectivity index (χ1) is 16.1. The van der Waals surface area contributed by atoms with Crippen molar-refractivity contribution in [1.82, 2.24) is 4.90 Å². The Bertz CT molecular complexity index is 1490. The first kappa shape index (κ1) is 19.9. The van der Waals surface area contributed by atoms with E-state index < -0.39 is 0 Å². The molecule has 0 radical (unpaired) electrons. The van der Waals surface area contributed by atoms with Crippen LogP contribution in [0.1, 0.15) is 44.9 Å². The van der Waals surface area contributed by atoms with Gasteiger partial charge in [-0.3, -0.25) is 14.4 Å². The van der Waals surface area contributed by atoms with E-state index in [0.717, 1.165) is 36.6 Å². The molecule has 5 nitrogen and oxygen atoms in total. The second-order valence-electron chi connectivity index (χ2n) is 9.04. The van der Waals surface area contributed by atoms with Crippen LogP contribution in [0.4, 0.5) is 0 Å². The smallest absolute Gasteiger partial charge is 0.289 e. The van der Waals surface area contributed by atoms with Crippen LogP contribution < -0.4 is 5.43 Å². The quantitative estimate of drug-likeness (QED) is 0.433. The van der Waals surface area contributed by atoms with Crippen LogP contribution in [0.2, 0.25) is 0 Å². The summed E-state index contributed by atoms with van der Waals surface area (Å²) in [5.41, 5.74) is 3.52. The van der Waals surface area contributed by atoms with E-state index in [9.17, 15) is 14.4 Å². The maximum Gasteiger partial charge on any atom is 0.289 e. The van der Waals surface area contributed by atoms with E-state index in [0.29, 0.717) is 24.1 Å². The Hall–Kier alpha value is -3.73. The van der Waals surface area contributed by atoms with E-state index in [4.69, 9.17) is 4.42 Å². The Morgan fingerprint density at radius 1 is 0.909 bits per heavy atom. The van der Waals surface area contributed by atoms with Crippen LogP contribution in [-0.4, -0.2) is 29.7 Å². The third-order valence-electron chi connectivity index (χ3n) is 7.07. The Kier molecular flexibility index (Phi) is 4.64. The largest absolute Gasteiger partial charge is 0.451 e. The van der Waals surface area contributed by atoms with Crippen LogP contribution >= 0.6 is 0 Å². The van der Waals surface area contributed by atoms with E-state index in [1.54, 1.807) is 29.2 Å². The minimum Gasteiger partial charge on any atom is -0.451 e. The van der Waals surface area contributed by atoms with E-state index in [2.05, 4.69) is 12.1 Å². The molecule has 1 aliphatic heterocycles. The lowest BCUT2D eigenvalue weighted by Gasteiger charge is -2.32. The van der Waals surface area contributed by atoms with Crippen LogP contribution in [0.3, 0.4) is 0 Å². The van der Waals surface area contributed by atoms with Gasteiger partial charge in [-0.1, -0.05) is 42.5 Å². The highest BCUT2D eigenvalue weighted by molar-refractivity contribution is 6.11. The van der Waals surface area contributed by atoms with E-state index in [-0.39, 0.29) is 28.8 Å². The zero-order valence-corrected chi connectivity index (χ0v) is 18.2. The molecule has 1 fully saturated rings. The van der Waals surface area contributed by atoms with Crippen molar-refractivity contribution < 1.29 is 14.0 Å². The zero-order valence-electron chi connectivity index (χ0n) is 18.2. The molecule has 1 amide bonds. The topological polar surface area (TPSA) is 67.6 Å². The van der Waals surface area contributed by atoms with Gasteiger partial charge in [0.1, 0.15) is 5.58 Å². The summed E-state index contributed by atoms with van der Waals surface area (Å²) in [6.07, 6.45) is 3.52. The molecular weight excluding hydrogens is 414 g/mol. The van der Waals surface area contributed by atoms with Gasteiger partial charge in [0.15, 0.2) is 17.0 Å². The van der Waals surface area contributed by atoms with Gasteiger partial charge in [0.2, 0.25) is 0 Å². The number of piperidine rings is 1. The number of hydrogen-bond acceptors (Lipinski definition) is 4. The zero-order chi connectivity index (χ0) is 22.5. The van der Waals surface area contributed by atoms with Gasteiger partial charge in [0.05, 0.1) is 5.39 Å². The average molecular weight is 437 g/mol. The highest BCUT2D eigenvalue weighted by Crippen LogP contribution is 2.34. The number of para-hydroxylation sites is 1. The molecule has 0 saturated carbocycles. The van der Waals surface area contributed by atoms with Crippen molar-refractivity contribution in [2.24, 2.45) is 5.92 Å². The molecule has 0 bridgehead atoms. The number of aryl methyl sites for hydroxylation is 2. The number of nitrogens with zero attached hydrogens (tertiary/aromatic N) is 1. The van der Waals surface area contributed by atoms with Crippen molar-refractivity contribution in [3.8, 4) is 0 Å². The Labute approximate surface area is 190 Å². The van der Waals surface area contributed by atoms with Crippen LogP contribution in [0.15, 0.2) is 69.9 Å². The van der Waals surface area contributed by atoms with Crippen molar-refractivity contribution in [3.05, 3.63) is 93.3 Å². The monoisotopic (exact) mass is 437 g/mol. The number of carbonyl (C=O) groups excluding carboxylic acids is 2. The number of Topliss-reactive ketones (excluding diaryl/α,β-unsaturated/α-hetero) is 1. The number of ketones is 1. The van der Waals surface area contributed by atoms with Gasteiger partial charge >= 0.3 is 0 Å². The molecule has 4 aromatic rings. The van der Waals surface area contributed by atoms with E-state index >= 15 is 0 Å². The first-order valence-corrected chi connectivity index (χ1v) is 11.5. The summed E-state index contributed by atoms with van der Waals surface area (Å²) in [5.74, 6) is -0.496. The predicted octanol–water partition coefficient (Wildman–Crippen LogP) is 4.78. The molecule has 5 heteroatoms. The standard InChI is InChI=1S/C28H23NO4/c30-23-15-25(33-24-9-2-1-7-22(23)24)28(32)29-14-4-6-19(16-29)27(31)21-13-12-18-11-10-17-5-3-8-20(21)26(17)18/h1-3,5,7-9,12-13,15,19H,4,6,10-11,14,16H2/t19-/m0/s1. The molecule has 1 atom stereocenters. The maximum atomic E-state index is 13.6. The van der Waals surface area contributed by atoms with Crippen molar-refractivity contribution in [2.45, 2.75) is 25.7 Å². The molecule has 0 spiro atoms. The number of carbonyl (C=O) groups is 2. The lowest BCUT2D eigenvalue weighted by molar-refractivity contribution is 0.0611. The van der Waals surface area contributed by atoms with Crippen LogP contribution in [0.5, 0.6) is 0 Å². The molecule has 6 rings (SSSR count).